The zero-order valence-electron chi connectivity index (χ0n) is 41.9. The van der Waals surface area contributed by atoms with Gasteiger partial charge in [-0.1, -0.05) is 217 Å². The second-order valence-corrected chi connectivity index (χ2v) is 20.9. The van der Waals surface area contributed by atoms with Crippen molar-refractivity contribution >= 4 is 69.3 Å². The number of benzene rings is 7. The van der Waals surface area contributed by atoms with E-state index in [2.05, 4.69) is 15.8 Å². The van der Waals surface area contributed by atoms with Gasteiger partial charge < -0.3 is 24.9 Å². The number of oxime groups is 1. The number of halogens is 1. The number of nitrogens with one attached hydrogen (secondary N) is 2. The molecule has 1 unspecified atom stereocenters. The molecule has 1 aromatic heterocycles. The van der Waals surface area contributed by atoms with Gasteiger partial charge in [0, 0.05) is 17.0 Å². The van der Waals surface area contributed by atoms with Crippen molar-refractivity contribution < 1.29 is 33.5 Å². The Labute approximate surface area is 459 Å². The highest BCUT2D eigenvalue weighted by atomic mass is 35.5. The molecule has 15 heteroatoms. The van der Waals surface area contributed by atoms with Crippen molar-refractivity contribution in [1.82, 2.24) is 15.2 Å². The molecule has 0 spiro atoms. The molecule has 3 heterocycles. The lowest BCUT2D eigenvalue weighted by Gasteiger charge is -2.49. The number of alkyl halides is 1. The van der Waals surface area contributed by atoms with Gasteiger partial charge in [-0.3, -0.25) is 14.5 Å². The maximum Gasteiger partial charge on any atom is 0.356 e. The van der Waals surface area contributed by atoms with Gasteiger partial charge in [0.1, 0.15) is 28.3 Å². The van der Waals surface area contributed by atoms with E-state index in [1.807, 2.05) is 212 Å². The molecule has 2 aliphatic heterocycles. The average molecular weight is 1080 g/mol. The number of hydrogen-bond donors (Lipinski definition) is 2. The first-order valence-electron chi connectivity index (χ1n) is 24.9. The Balaban J connectivity index is 0.969. The Hall–Kier alpha value is -8.30. The molecule has 8 aromatic rings. The van der Waals surface area contributed by atoms with Gasteiger partial charge in [-0.05, 0) is 58.4 Å². The Morgan fingerprint density at radius 3 is 1.53 bits per heavy atom. The number of carbonyl (C=O) groups is 4. The minimum absolute atomic E-state index is 0.0313. The van der Waals surface area contributed by atoms with Crippen LogP contribution in [0.15, 0.2) is 234 Å². The number of ether oxygens (including phenoxy) is 2. The summed E-state index contributed by atoms with van der Waals surface area (Å²) >= 11 is 9.06. The van der Waals surface area contributed by atoms with Gasteiger partial charge in [0.15, 0.2) is 23.1 Å². The second kappa shape index (κ2) is 23.3. The quantitative estimate of drug-likeness (QED) is 0.0200. The lowest BCUT2D eigenvalue weighted by molar-refractivity contribution is -0.172. The zero-order valence-corrected chi connectivity index (χ0v) is 44.3. The number of thiazole rings is 1. The van der Waals surface area contributed by atoms with Crippen LogP contribution in [-0.4, -0.2) is 68.0 Å². The van der Waals surface area contributed by atoms with Crippen molar-refractivity contribution in [2.75, 3.05) is 16.9 Å². The third kappa shape index (κ3) is 11.0. The third-order valence-corrected chi connectivity index (χ3v) is 15.7. The van der Waals surface area contributed by atoms with Crippen LogP contribution in [0.2, 0.25) is 0 Å². The van der Waals surface area contributed by atoms with Crippen LogP contribution in [-0.2, 0) is 39.0 Å². The van der Waals surface area contributed by atoms with Crippen molar-refractivity contribution in [3.05, 3.63) is 274 Å². The molecule has 10 rings (SSSR count). The Morgan fingerprint density at radius 1 is 0.662 bits per heavy atom. The molecular weight excluding hydrogens is 1030 g/mol. The molecule has 7 aromatic carbocycles. The number of hydrogen-bond acceptors (Lipinski definition) is 12. The SMILES string of the molecule is CC(C)(ON=C(C(=O)NC1C(=O)N2C(C(=O)OC(c3ccccc3)c3ccccc3)=C(CCl)CS[C@@H]12)c1csc(NC(c2ccccc2)(c2ccccc2)c2ccccc2)n1)C(=O)OC(c1ccccc1)c1ccccc1. The molecular formula is C62H52ClN5O7S2. The largest absolute Gasteiger partial charge is 0.450 e. The zero-order chi connectivity index (χ0) is 53.4. The van der Waals surface area contributed by atoms with Crippen LogP contribution in [0.1, 0.15) is 70.7 Å². The van der Waals surface area contributed by atoms with Crippen LogP contribution in [0.25, 0.3) is 0 Å². The molecule has 12 nitrogen and oxygen atoms in total. The second-order valence-electron chi connectivity index (χ2n) is 18.7. The highest BCUT2D eigenvalue weighted by Crippen LogP contribution is 2.43. The maximum absolute atomic E-state index is 15.0. The van der Waals surface area contributed by atoms with Crippen LogP contribution >= 0.6 is 34.7 Å². The summed E-state index contributed by atoms with van der Waals surface area (Å²) in [5.41, 5.74) is 3.34. The summed E-state index contributed by atoms with van der Waals surface area (Å²) in [6.07, 6.45) is -1.57. The third-order valence-electron chi connectivity index (χ3n) is 13.3. The summed E-state index contributed by atoms with van der Waals surface area (Å²) in [5.74, 6) is -2.61. The predicted molar refractivity (Wildman–Crippen MR) is 301 cm³/mol. The smallest absolute Gasteiger partial charge is 0.356 e. The number of amides is 2. The summed E-state index contributed by atoms with van der Waals surface area (Å²) in [4.78, 5) is 70.5. The first-order valence-corrected chi connectivity index (χ1v) is 27.3. The minimum atomic E-state index is -1.76. The van der Waals surface area contributed by atoms with Crippen molar-refractivity contribution in [2.45, 2.75) is 48.6 Å². The highest BCUT2D eigenvalue weighted by molar-refractivity contribution is 8.00. The van der Waals surface area contributed by atoms with Gasteiger partial charge >= 0.3 is 11.9 Å². The number of thioether (sulfide) groups is 1. The summed E-state index contributed by atoms with van der Waals surface area (Å²) < 4.78 is 12.4. The van der Waals surface area contributed by atoms with Crippen molar-refractivity contribution in [3.8, 4) is 0 Å². The molecule has 0 bridgehead atoms. The molecule has 0 aliphatic carbocycles. The normalized spacial score (nSPS) is 15.6. The van der Waals surface area contributed by atoms with E-state index in [9.17, 15) is 19.2 Å². The summed E-state index contributed by atoms with van der Waals surface area (Å²) in [7, 11) is 0. The molecule has 0 radical (unpaired) electrons. The van der Waals surface area contributed by atoms with E-state index in [0.717, 1.165) is 38.9 Å². The van der Waals surface area contributed by atoms with Gasteiger partial charge in [-0.2, -0.15) is 0 Å². The van der Waals surface area contributed by atoms with Gasteiger partial charge in [-0.25, -0.2) is 14.6 Å². The van der Waals surface area contributed by atoms with Crippen molar-refractivity contribution in [1.29, 1.82) is 0 Å². The standard InChI is InChI=1S/C62H52ClN5O7S2/c1-61(2,59(72)74-54(43-28-14-5-15-29-43)44-30-16-6-17-31-44)75-67-50(49-40-77-60(64-49)66-62(46-32-18-7-19-33-46,47-34-20-8-21-35-47)48-36-22-9-23-37-48)55(69)65-51-56(70)68-52(45(38-63)39-76-57(51)68)58(71)73-53(41-24-10-3-11-25-41)42-26-12-4-13-27-42/h3-37,40,51,53-54,57H,38-39H2,1-2H3,(H,64,66)(H,65,69)/t51?,57-/m0/s1. The monoisotopic (exact) mass is 1080 g/mol. The Morgan fingerprint density at radius 2 is 1.09 bits per heavy atom. The molecule has 1 fully saturated rings. The molecule has 2 amide bonds. The fraction of sp³-hybridized carbons (Fsp3) is 0.161. The lowest BCUT2D eigenvalue weighted by atomic mass is 9.77. The predicted octanol–water partition coefficient (Wildman–Crippen LogP) is 11.6. The summed E-state index contributed by atoms with van der Waals surface area (Å²) in [5, 5.41) is 12.4. The number of anilines is 1. The molecule has 2 aliphatic rings. The van der Waals surface area contributed by atoms with E-state index < -0.39 is 58.5 Å². The van der Waals surface area contributed by atoms with Crippen molar-refractivity contribution in [3.63, 3.8) is 0 Å². The minimum Gasteiger partial charge on any atom is -0.450 e. The highest BCUT2D eigenvalue weighted by Gasteiger charge is 2.55. The van der Waals surface area contributed by atoms with E-state index in [0.29, 0.717) is 10.7 Å². The Kier molecular flexibility index (Phi) is 15.8. The van der Waals surface area contributed by atoms with Crippen LogP contribution in [0.5, 0.6) is 0 Å². The maximum atomic E-state index is 15.0. The fourth-order valence-electron chi connectivity index (χ4n) is 9.35. The lowest BCUT2D eigenvalue weighted by Crippen LogP contribution is -2.71. The molecule has 2 atom stereocenters. The first-order chi connectivity index (χ1) is 37.6. The van der Waals surface area contributed by atoms with Crippen LogP contribution < -0.4 is 10.6 Å². The average Bonchev–Trinajstić information content (AvgIpc) is 3.95. The number of nitrogens with zero attached hydrogens (tertiary/aromatic N) is 3. The summed E-state index contributed by atoms with van der Waals surface area (Å²) in [6, 6.07) is 66.2. The van der Waals surface area contributed by atoms with E-state index >= 15 is 0 Å². The van der Waals surface area contributed by atoms with Gasteiger partial charge in [-0.15, -0.1) is 34.7 Å². The molecule has 77 heavy (non-hydrogen) atoms. The molecule has 1 saturated heterocycles. The van der Waals surface area contributed by atoms with Crippen molar-refractivity contribution in [2.24, 2.45) is 5.16 Å². The number of aromatic nitrogens is 1. The topological polar surface area (TPSA) is 149 Å². The van der Waals surface area contributed by atoms with Crippen LogP contribution in [0.3, 0.4) is 0 Å². The summed E-state index contributed by atoms with van der Waals surface area (Å²) in [6.45, 7) is 2.99. The van der Waals surface area contributed by atoms with Gasteiger partial charge in [0.05, 0.1) is 0 Å². The van der Waals surface area contributed by atoms with E-state index in [-0.39, 0.29) is 28.7 Å². The number of esters is 2. The molecule has 2 N–H and O–H groups in total. The molecule has 0 saturated carbocycles. The number of rotatable bonds is 19. The van der Waals surface area contributed by atoms with Crippen LogP contribution in [0.4, 0.5) is 5.13 Å². The van der Waals surface area contributed by atoms with E-state index in [1.165, 1.54) is 41.8 Å². The van der Waals surface area contributed by atoms with Crippen LogP contribution in [0, 0.1) is 0 Å². The van der Waals surface area contributed by atoms with E-state index in [4.69, 9.17) is 30.9 Å². The van der Waals surface area contributed by atoms with E-state index in [1.54, 1.807) is 5.38 Å². The van der Waals surface area contributed by atoms with Gasteiger partial charge in [0.25, 0.3) is 11.8 Å². The Bertz CT molecular complexity index is 3230. The fourth-order valence-corrected chi connectivity index (χ4v) is 11.8. The van der Waals surface area contributed by atoms with Gasteiger partial charge in [0.2, 0.25) is 5.60 Å². The number of β-lactam (4-membered cyclic amide) rings is 1. The molecule has 386 valence electrons. The number of fused-ring (bicyclic) bond motifs is 1. The first kappa shape index (κ1) is 52.2. The number of carbonyl (C=O) groups excluding carboxylic acids is 4.